The molecule has 1 N–H and O–H groups in total. The Morgan fingerprint density at radius 1 is 1.35 bits per heavy atom. The summed E-state index contributed by atoms with van der Waals surface area (Å²) in [6.07, 6.45) is 2.33. The highest BCUT2D eigenvalue weighted by Crippen LogP contribution is 2.16. The van der Waals surface area contributed by atoms with Crippen LogP contribution in [-0.2, 0) is 4.74 Å². The zero-order chi connectivity index (χ0) is 12.5. The summed E-state index contributed by atoms with van der Waals surface area (Å²) in [4.78, 5) is 0. The molecule has 0 heterocycles. The second kappa shape index (κ2) is 8.51. The Hall–Kier alpha value is -0.570. The van der Waals surface area contributed by atoms with Crippen molar-refractivity contribution in [3.05, 3.63) is 34.9 Å². The molecule has 0 saturated carbocycles. The summed E-state index contributed by atoms with van der Waals surface area (Å²) >= 11 is 5.95. The lowest BCUT2D eigenvalue weighted by Crippen LogP contribution is -2.23. The van der Waals surface area contributed by atoms with E-state index in [4.69, 9.17) is 16.3 Å². The maximum Gasteiger partial charge on any atom is 0.0591 e. The summed E-state index contributed by atoms with van der Waals surface area (Å²) < 4.78 is 5.50. The summed E-state index contributed by atoms with van der Waals surface area (Å²) in [5.41, 5.74) is 1.21. The fourth-order valence-electron chi connectivity index (χ4n) is 1.59. The van der Waals surface area contributed by atoms with Crippen molar-refractivity contribution in [2.75, 3.05) is 19.8 Å². The number of rotatable bonds is 8. The molecule has 0 aliphatic heterocycles. The third-order valence-corrected chi connectivity index (χ3v) is 2.92. The quantitative estimate of drug-likeness (QED) is 0.714. The van der Waals surface area contributed by atoms with Gasteiger partial charge in [-0.2, -0.15) is 0 Å². The maximum absolute atomic E-state index is 5.95. The SMILES string of the molecule is CCCCOCCNC(C)c1cccc(Cl)c1. The van der Waals surface area contributed by atoms with Crippen molar-refractivity contribution in [3.8, 4) is 0 Å². The van der Waals surface area contributed by atoms with Gasteiger partial charge in [-0.05, 0) is 31.0 Å². The molecule has 3 heteroatoms. The van der Waals surface area contributed by atoms with Crippen LogP contribution in [0.1, 0.15) is 38.3 Å². The number of nitrogens with one attached hydrogen (secondary N) is 1. The molecule has 2 nitrogen and oxygen atoms in total. The molecule has 96 valence electrons. The highest BCUT2D eigenvalue weighted by molar-refractivity contribution is 6.30. The van der Waals surface area contributed by atoms with Gasteiger partial charge in [0.15, 0.2) is 0 Å². The third kappa shape index (κ3) is 6.06. The summed E-state index contributed by atoms with van der Waals surface area (Å²) in [7, 11) is 0. The molecule has 1 rings (SSSR count). The molecule has 0 radical (unpaired) electrons. The van der Waals surface area contributed by atoms with E-state index in [-0.39, 0.29) is 0 Å². The standard InChI is InChI=1S/C14H22ClNO/c1-3-4-9-17-10-8-16-12(2)13-6-5-7-14(15)11-13/h5-7,11-12,16H,3-4,8-10H2,1-2H3. The van der Waals surface area contributed by atoms with Crippen molar-refractivity contribution in [2.24, 2.45) is 0 Å². The van der Waals surface area contributed by atoms with E-state index in [2.05, 4.69) is 25.2 Å². The summed E-state index contributed by atoms with van der Waals surface area (Å²) in [6.45, 7) is 6.81. The Balaban J connectivity index is 2.19. The van der Waals surface area contributed by atoms with Crippen molar-refractivity contribution in [1.29, 1.82) is 0 Å². The first-order chi connectivity index (χ1) is 8.24. The van der Waals surface area contributed by atoms with Crippen LogP contribution in [0.4, 0.5) is 0 Å². The molecule has 1 aromatic rings. The molecule has 1 atom stereocenters. The molecule has 17 heavy (non-hydrogen) atoms. The van der Waals surface area contributed by atoms with E-state index in [1.807, 2.05) is 18.2 Å². The van der Waals surface area contributed by atoms with E-state index in [0.717, 1.165) is 31.2 Å². The Morgan fingerprint density at radius 2 is 2.18 bits per heavy atom. The lowest BCUT2D eigenvalue weighted by Gasteiger charge is -2.14. The maximum atomic E-state index is 5.95. The molecule has 0 spiro atoms. The smallest absolute Gasteiger partial charge is 0.0591 e. The Kier molecular flexibility index (Phi) is 7.25. The van der Waals surface area contributed by atoms with E-state index >= 15 is 0 Å². The van der Waals surface area contributed by atoms with Crippen LogP contribution in [-0.4, -0.2) is 19.8 Å². The van der Waals surface area contributed by atoms with E-state index in [1.54, 1.807) is 0 Å². The van der Waals surface area contributed by atoms with E-state index in [0.29, 0.717) is 6.04 Å². The van der Waals surface area contributed by atoms with Crippen LogP contribution < -0.4 is 5.32 Å². The largest absolute Gasteiger partial charge is 0.380 e. The minimum absolute atomic E-state index is 0.309. The average molecular weight is 256 g/mol. The minimum atomic E-state index is 0.309. The first-order valence-electron chi connectivity index (χ1n) is 6.30. The predicted octanol–water partition coefficient (Wildman–Crippen LogP) is 3.81. The molecule has 1 aromatic carbocycles. The van der Waals surface area contributed by atoms with Gasteiger partial charge < -0.3 is 10.1 Å². The van der Waals surface area contributed by atoms with E-state index < -0.39 is 0 Å². The second-order valence-electron chi connectivity index (χ2n) is 4.20. The van der Waals surface area contributed by atoms with E-state index in [1.165, 1.54) is 12.0 Å². The van der Waals surface area contributed by atoms with Crippen LogP contribution in [0, 0.1) is 0 Å². The first-order valence-corrected chi connectivity index (χ1v) is 6.68. The van der Waals surface area contributed by atoms with Crippen LogP contribution in [0.2, 0.25) is 5.02 Å². The second-order valence-corrected chi connectivity index (χ2v) is 4.63. The summed E-state index contributed by atoms with van der Waals surface area (Å²) in [5.74, 6) is 0. The molecule has 0 aromatic heterocycles. The van der Waals surface area contributed by atoms with Gasteiger partial charge in [0, 0.05) is 24.2 Å². The minimum Gasteiger partial charge on any atom is -0.380 e. The lowest BCUT2D eigenvalue weighted by atomic mass is 10.1. The van der Waals surface area contributed by atoms with Gasteiger partial charge in [0.05, 0.1) is 6.61 Å². The summed E-state index contributed by atoms with van der Waals surface area (Å²) in [6, 6.07) is 8.27. The fourth-order valence-corrected chi connectivity index (χ4v) is 1.79. The Bertz CT molecular complexity index is 317. The number of unbranched alkanes of at least 4 members (excludes halogenated alkanes) is 1. The van der Waals surface area contributed by atoms with Crippen LogP contribution in [0.5, 0.6) is 0 Å². The number of benzene rings is 1. The molecular weight excluding hydrogens is 234 g/mol. The van der Waals surface area contributed by atoms with Gasteiger partial charge in [0.2, 0.25) is 0 Å². The monoisotopic (exact) mass is 255 g/mol. The highest BCUT2D eigenvalue weighted by Gasteiger charge is 2.04. The van der Waals surface area contributed by atoms with Crippen molar-refractivity contribution in [1.82, 2.24) is 5.32 Å². The van der Waals surface area contributed by atoms with Gasteiger partial charge in [-0.1, -0.05) is 37.1 Å². The topological polar surface area (TPSA) is 21.3 Å². The summed E-state index contributed by atoms with van der Waals surface area (Å²) in [5, 5.41) is 4.21. The molecule has 0 fully saturated rings. The van der Waals surface area contributed by atoms with Crippen molar-refractivity contribution in [3.63, 3.8) is 0 Å². The number of hydrogen-bond donors (Lipinski definition) is 1. The molecule has 0 amide bonds. The Morgan fingerprint density at radius 3 is 2.88 bits per heavy atom. The van der Waals surface area contributed by atoms with Gasteiger partial charge in [-0.25, -0.2) is 0 Å². The molecule has 1 unspecified atom stereocenters. The van der Waals surface area contributed by atoms with Gasteiger partial charge >= 0.3 is 0 Å². The van der Waals surface area contributed by atoms with Gasteiger partial charge in [0.25, 0.3) is 0 Å². The molecule has 0 aliphatic rings. The van der Waals surface area contributed by atoms with Crippen molar-refractivity contribution >= 4 is 11.6 Å². The van der Waals surface area contributed by atoms with Gasteiger partial charge in [-0.15, -0.1) is 0 Å². The van der Waals surface area contributed by atoms with Crippen LogP contribution in [0.3, 0.4) is 0 Å². The molecule has 0 saturated heterocycles. The molecule has 0 aliphatic carbocycles. The third-order valence-electron chi connectivity index (χ3n) is 2.69. The number of hydrogen-bond acceptors (Lipinski definition) is 2. The molecule has 0 bridgehead atoms. The zero-order valence-electron chi connectivity index (χ0n) is 10.7. The highest BCUT2D eigenvalue weighted by atomic mass is 35.5. The zero-order valence-corrected chi connectivity index (χ0v) is 11.5. The van der Waals surface area contributed by atoms with Crippen LogP contribution in [0.25, 0.3) is 0 Å². The predicted molar refractivity (Wildman–Crippen MR) is 73.6 cm³/mol. The van der Waals surface area contributed by atoms with Crippen molar-refractivity contribution < 1.29 is 4.74 Å². The normalized spacial score (nSPS) is 12.6. The number of halogens is 1. The van der Waals surface area contributed by atoms with Crippen molar-refractivity contribution in [2.45, 2.75) is 32.7 Å². The average Bonchev–Trinajstić information content (AvgIpc) is 2.33. The van der Waals surface area contributed by atoms with E-state index in [9.17, 15) is 0 Å². The van der Waals surface area contributed by atoms with Crippen LogP contribution >= 0.6 is 11.6 Å². The number of ether oxygens (including phenoxy) is 1. The molecular formula is C14H22ClNO. The Labute approximate surface area is 109 Å². The first kappa shape index (κ1) is 14.5. The van der Waals surface area contributed by atoms with Gasteiger partial charge in [0.1, 0.15) is 0 Å². The lowest BCUT2D eigenvalue weighted by molar-refractivity contribution is 0.131. The van der Waals surface area contributed by atoms with Crippen LogP contribution in [0.15, 0.2) is 24.3 Å². The van der Waals surface area contributed by atoms with Gasteiger partial charge in [-0.3, -0.25) is 0 Å². The fraction of sp³-hybridized carbons (Fsp3) is 0.571.